The van der Waals surface area contributed by atoms with Crippen LogP contribution in [0.4, 0.5) is 4.39 Å². The van der Waals surface area contributed by atoms with Crippen LogP contribution in [0.25, 0.3) is 0 Å². The molecule has 4 nitrogen and oxygen atoms in total. The zero-order chi connectivity index (χ0) is 17.8. The van der Waals surface area contributed by atoms with Gasteiger partial charge in [-0.2, -0.15) is 5.26 Å². The smallest absolute Gasteiger partial charge is 0.127 e. The minimum absolute atomic E-state index is 0.115. The van der Waals surface area contributed by atoms with Crippen molar-refractivity contribution in [2.45, 2.75) is 38.9 Å². The Balaban J connectivity index is 1.48. The lowest BCUT2D eigenvalue weighted by atomic mass is 10.0. The molecule has 1 fully saturated rings. The molecule has 2 aromatic rings. The third-order valence-electron chi connectivity index (χ3n) is 5.28. The molecular formula is C20H25FN4. The molecule has 132 valence electrons. The Hall–Kier alpha value is -2.16. The fraction of sp³-hybridized carbons (Fsp3) is 0.450. The maximum Gasteiger partial charge on any atom is 0.127 e. The van der Waals surface area contributed by atoms with Crippen LogP contribution in [0.15, 0.2) is 30.3 Å². The molecule has 1 aliphatic heterocycles. The quantitative estimate of drug-likeness (QED) is 0.910. The summed E-state index contributed by atoms with van der Waals surface area (Å²) in [4.78, 5) is 2.32. The van der Waals surface area contributed by atoms with E-state index < -0.39 is 0 Å². The van der Waals surface area contributed by atoms with Crippen LogP contribution in [0.5, 0.6) is 0 Å². The van der Waals surface area contributed by atoms with E-state index in [9.17, 15) is 4.39 Å². The van der Waals surface area contributed by atoms with Crippen molar-refractivity contribution in [3.8, 4) is 6.07 Å². The van der Waals surface area contributed by atoms with Crippen LogP contribution in [0.1, 0.15) is 35.4 Å². The fourth-order valence-electron chi connectivity index (χ4n) is 3.47. The van der Waals surface area contributed by atoms with Crippen molar-refractivity contribution in [1.82, 2.24) is 14.8 Å². The summed E-state index contributed by atoms with van der Waals surface area (Å²) in [7, 11) is 1.93. The Morgan fingerprint density at radius 1 is 1.24 bits per heavy atom. The van der Waals surface area contributed by atoms with Crippen molar-refractivity contribution in [2.24, 2.45) is 7.05 Å². The zero-order valence-corrected chi connectivity index (χ0v) is 14.9. The predicted octanol–water partition coefficient (Wildman–Crippen LogP) is 3.10. The number of likely N-dealkylation sites (tertiary alicyclic amines) is 1. The van der Waals surface area contributed by atoms with Crippen LogP contribution in [0, 0.1) is 24.1 Å². The Kier molecular flexibility index (Phi) is 5.52. The number of hydrogen-bond donors (Lipinski definition) is 1. The molecule has 0 atom stereocenters. The van der Waals surface area contributed by atoms with Crippen molar-refractivity contribution >= 4 is 0 Å². The summed E-state index contributed by atoms with van der Waals surface area (Å²) in [6.45, 7) is 5.48. The molecule has 1 aromatic heterocycles. The summed E-state index contributed by atoms with van der Waals surface area (Å²) in [6.07, 6.45) is 2.12. The maximum absolute atomic E-state index is 13.8. The Bertz CT molecular complexity index is 766. The van der Waals surface area contributed by atoms with Gasteiger partial charge in [-0.3, -0.25) is 4.90 Å². The molecule has 2 heterocycles. The van der Waals surface area contributed by atoms with Crippen LogP contribution in [-0.2, 0) is 20.1 Å². The van der Waals surface area contributed by atoms with Crippen LogP contribution in [-0.4, -0.2) is 28.6 Å². The first-order valence-corrected chi connectivity index (χ1v) is 8.83. The van der Waals surface area contributed by atoms with Crippen molar-refractivity contribution in [2.75, 3.05) is 13.1 Å². The van der Waals surface area contributed by atoms with Crippen LogP contribution >= 0.6 is 0 Å². The van der Waals surface area contributed by atoms with E-state index in [1.165, 1.54) is 11.6 Å². The van der Waals surface area contributed by atoms with Crippen molar-refractivity contribution in [3.63, 3.8) is 0 Å². The third kappa shape index (κ3) is 4.09. The van der Waals surface area contributed by atoms with E-state index in [0.717, 1.165) is 43.7 Å². The van der Waals surface area contributed by atoms with E-state index in [4.69, 9.17) is 5.26 Å². The van der Waals surface area contributed by atoms with E-state index >= 15 is 0 Å². The summed E-state index contributed by atoms with van der Waals surface area (Å²) < 4.78 is 15.7. The molecule has 25 heavy (non-hydrogen) atoms. The lowest BCUT2D eigenvalue weighted by molar-refractivity contribution is 0.188. The Morgan fingerprint density at radius 2 is 1.96 bits per heavy atom. The molecule has 0 unspecified atom stereocenters. The molecule has 1 aromatic carbocycles. The van der Waals surface area contributed by atoms with Crippen LogP contribution in [0.2, 0.25) is 0 Å². The van der Waals surface area contributed by atoms with Crippen molar-refractivity contribution < 1.29 is 4.39 Å². The molecule has 1 aliphatic rings. The Labute approximate surface area is 148 Å². The van der Waals surface area contributed by atoms with Gasteiger partial charge in [-0.15, -0.1) is 0 Å². The number of aromatic nitrogens is 1. The number of nitrogens with one attached hydrogen (secondary N) is 1. The molecule has 0 spiro atoms. The van der Waals surface area contributed by atoms with Gasteiger partial charge in [0.05, 0.1) is 0 Å². The summed E-state index contributed by atoms with van der Waals surface area (Å²) in [5, 5.41) is 12.7. The molecule has 5 heteroatoms. The van der Waals surface area contributed by atoms with Gasteiger partial charge in [0.25, 0.3) is 0 Å². The van der Waals surface area contributed by atoms with Gasteiger partial charge in [-0.1, -0.05) is 18.2 Å². The van der Waals surface area contributed by atoms with Gasteiger partial charge in [0.2, 0.25) is 0 Å². The molecular weight excluding hydrogens is 315 g/mol. The van der Waals surface area contributed by atoms with Gasteiger partial charge in [0, 0.05) is 37.4 Å². The van der Waals surface area contributed by atoms with Gasteiger partial charge < -0.3 is 9.88 Å². The number of nitriles is 1. The third-order valence-corrected chi connectivity index (χ3v) is 5.28. The SMILES string of the molecule is Cc1c(CNC2CCN(Cc3ccccc3F)CC2)cc(C#N)n1C. The van der Waals surface area contributed by atoms with Crippen LogP contribution in [0.3, 0.4) is 0 Å². The van der Waals surface area contributed by atoms with E-state index in [2.05, 4.69) is 23.2 Å². The molecule has 3 rings (SSSR count). The second-order valence-corrected chi connectivity index (χ2v) is 6.83. The van der Waals surface area contributed by atoms with E-state index in [0.29, 0.717) is 18.3 Å². The average Bonchev–Trinajstić information content (AvgIpc) is 2.91. The molecule has 0 radical (unpaired) electrons. The highest BCUT2D eigenvalue weighted by Gasteiger charge is 2.20. The minimum atomic E-state index is -0.115. The van der Waals surface area contributed by atoms with E-state index in [1.807, 2.05) is 29.8 Å². The maximum atomic E-state index is 13.8. The highest BCUT2D eigenvalue weighted by Crippen LogP contribution is 2.18. The normalized spacial score (nSPS) is 16.1. The van der Waals surface area contributed by atoms with Gasteiger partial charge in [-0.05, 0) is 50.6 Å². The van der Waals surface area contributed by atoms with Crippen LogP contribution < -0.4 is 5.32 Å². The fourth-order valence-corrected chi connectivity index (χ4v) is 3.47. The van der Waals surface area contributed by atoms with Crippen molar-refractivity contribution in [1.29, 1.82) is 5.26 Å². The molecule has 1 saturated heterocycles. The standard InChI is InChI=1S/C20H25FN4/c1-15-17(11-19(12-22)24(15)2)13-23-18-7-9-25(10-8-18)14-16-5-3-4-6-20(16)21/h3-6,11,18,23H,7-10,13-14H2,1-2H3. The first-order valence-electron chi connectivity index (χ1n) is 8.83. The lowest BCUT2D eigenvalue weighted by Crippen LogP contribution is -2.42. The second-order valence-electron chi connectivity index (χ2n) is 6.83. The number of hydrogen-bond acceptors (Lipinski definition) is 3. The topological polar surface area (TPSA) is 44.0 Å². The second kappa shape index (κ2) is 7.81. The number of piperidine rings is 1. The van der Waals surface area contributed by atoms with E-state index in [1.54, 1.807) is 6.07 Å². The number of rotatable bonds is 5. The zero-order valence-electron chi connectivity index (χ0n) is 14.9. The molecule has 0 amide bonds. The molecule has 0 aliphatic carbocycles. The van der Waals surface area contributed by atoms with E-state index in [-0.39, 0.29) is 5.82 Å². The number of halogens is 1. The van der Waals surface area contributed by atoms with Gasteiger partial charge in [-0.25, -0.2) is 4.39 Å². The highest BCUT2D eigenvalue weighted by molar-refractivity contribution is 5.34. The minimum Gasteiger partial charge on any atom is -0.340 e. The largest absolute Gasteiger partial charge is 0.340 e. The number of benzene rings is 1. The molecule has 0 bridgehead atoms. The first-order chi connectivity index (χ1) is 12.1. The summed E-state index contributed by atoms with van der Waals surface area (Å²) in [5.41, 5.74) is 3.81. The number of nitrogens with zero attached hydrogens (tertiary/aromatic N) is 3. The highest BCUT2D eigenvalue weighted by atomic mass is 19.1. The summed E-state index contributed by atoms with van der Waals surface area (Å²) in [6, 6.07) is 11.7. The molecule has 1 N–H and O–H groups in total. The van der Waals surface area contributed by atoms with Gasteiger partial charge in [0.15, 0.2) is 0 Å². The van der Waals surface area contributed by atoms with Gasteiger partial charge in [0.1, 0.15) is 17.6 Å². The predicted molar refractivity (Wildman–Crippen MR) is 96.4 cm³/mol. The summed E-state index contributed by atoms with van der Waals surface area (Å²) >= 11 is 0. The van der Waals surface area contributed by atoms with Crippen molar-refractivity contribution in [3.05, 3.63) is 58.7 Å². The lowest BCUT2D eigenvalue weighted by Gasteiger charge is -2.32. The first kappa shape index (κ1) is 17.7. The van der Waals surface area contributed by atoms with Gasteiger partial charge >= 0.3 is 0 Å². The average molecular weight is 340 g/mol. The Morgan fingerprint density at radius 3 is 2.60 bits per heavy atom. The molecule has 0 saturated carbocycles. The summed E-state index contributed by atoms with van der Waals surface area (Å²) in [5.74, 6) is -0.115. The monoisotopic (exact) mass is 340 g/mol.